The zero-order chi connectivity index (χ0) is 19.1. The Morgan fingerprint density at radius 3 is 2.04 bits per heavy atom. The summed E-state index contributed by atoms with van der Waals surface area (Å²) in [7, 11) is 0. The van der Waals surface area contributed by atoms with Crippen molar-refractivity contribution in [1.29, 1.82) is 0 Å². The molecule has 0 radical (unpaired) electrons. The molecule has 5 heteroatoms. The number of carbonyl (C=O) groups is 2. The van der Waals surface area contributed by atoms with Crippen LogP contribution in [0.1, 0.15) is 27.5 Å². The van der Waals surface area contributed by atoms with E-state index >= 15 is 0 Å². The molecule has 0 aliphatic carbocycles. The SMILES string of the molecule is O=C(NC(C(=O)NCc1ccc(F)cc1)c1ccccc1)c1ccccc1. The van der Waals surface area contributed by atoms with Crippen molar-refractivity contribution < 1.29 is 14.0 Å². The first-order valence-electron chi connectivity index (χ1n) is 8.56. The summed E-state index contributed by atoms with van der Waals surface area (Å²) in [5.74, 6) is -1.00. The van der Waals surface area contributed by atoms with Crippen molar-refractivity contribution in [2.75, 3.05) is 0 Å². The van der Waals surface area contributed by atoms with E-state index in [0.717, 1.165) is 5.56 Å². The Bertz CT molecular complexity index is 897. The Kier molecular flexibility index (Phi) is 5.94. The molecule has 2 N–H and O–H groups in total. The van der Waals surface area contributed by atoms with E-state index in [1.54, 1.807) is 48.5 Å². The largest absolute Gasteiger partial charge is 0.350 e. The number of hydrogen-bond donors (Lipinski definition) is 2. The number of rotatable bonds is 6. The molecule has 0 bridgehead atoms. The minimum atomic E-state index is -0.834. The van der Waals surface area contributed by atoms with Crippen LogP contribution >= 0.6 is 0 Å². The molecule has 0 fully saturated rings. The van der Waals surface area contributed by atoms with Crippen LogP contribution in [-0.4, -0.2) is 11.8 Å². The highest BCUT2D eigenvalue weighted by Crippen LogP contribution is 2.14. The highest BCUT2D eigenvalue weighted by Gasteiger charge is 2.23. The van der Waals surface area contributed by atoms with E-state index in [4.69, 9.17) is 0 Å². The molecule has 27 heavy (non-hydrogen) atoms. The summed E-state index contributed by atoms with van der Waals surface area (Å²) >= 11 is 0. The monoisotopic (exact) mass is 362 g/mol. The zero-order valence-corrected chi connectivity index (χ0v) is 14.6. The molecule has 0 aromatic heterocycles. The smallest absolute Gasteiger partial charge is 0.252 e. The molecular formula is C22H19FN2O2. The summed E-state index contributed by atoms with van der Waals surface area (Å²) in [6.07, 6.45) is 0. The van der Waals surface area contributed by atoms with Gasteiger partial charge in [0.15, 0.2) is 0 Å². The van der Waals surface area contributed by atoms with Gasteiger partial charge in [-0.05, 0) is 35.4 Å². The molecule has 3 aromatic carbocycles. The quantitative estimate of drug-likeness (QED) is 0.704. The van der Waals surface area contributed by atoms with Gasteiger partial charge in [-0.3, -0.25) is 9.59 Å². The first-order chi connectivity index (χ1) is 13.1. The third-order valence-electron chi connectivity index (χ3n) is 4.09. The Hall–Kier alpha value is -3.47. The van der Waals surface area contributed by atoms with Crippen LogP contribution in [-0.2, 0) is 11.3 Å². The van der Waals surface area contributed by atoms with Crippen LogP contribution < -0.4 is 10.6 Å². The number of carbonyl (C=O) groups excluding carboxylic acids is 2. The maximum atomic E-state index is 13.0. The minimum Gasteiger partial charge on any atom is -0.350 e. The Morgan fingerprint density at radius 1 is 0.815 bits per heavy atom. The zero-order valence-electron chi connectivity index (χ0n) is 14.6. The molecule has 3 rings (SSSR count). The first-order valence-corrected chi connectivity index (χ1v) is 8.56. The van der Waals surface area contributed by atoms with Gasteiger partial charge in [0.2, 0.25) is 5.91 Å². The molecule has 1 unspecified atom stereocenters. The number of nitrogens with one attached hydrogen (secondary N) is 2. The number of amides is 2. The van der Waals surface area contributed by atoms with Crippen LogP contribution in [0.3, 0.4) is 0 Å². The maximum absolute atomic E-state index is 13.0. The van der Waals surface area contributed by atoms with Crippen LogP contribution in [0.4, 0.5) is 4.39 Å². The second kappa shape index (κ2) is 8.76. The van der Waals surface area contributed by atoms with Crippen molar-refractivity contribution in [3.05, 3.63) is 107 Å². The van der Waals surface area contributed by atoms with Crippen LogP contribution in [0.15, 0.2) is 84.9 Å². The highest BCUT2D eigenvalue weighted by atomic mass is 19.1. The molecule has 136 valence electrons. The van der Waals surface area contributed by atoms with E-state index in [2.05, 4.69) is 10.6 Å². The normalized spacial score (nSPS) is 11.4. The second-order valence-electron chi connectivity index (χ2n) is 6.03. The lowest BCUT2D eigenvalue weighted by molar-refractivity contribution is -0.123. The summed E-state index contributed by atoms with van der Waals surface area (Å²) in [5, 5.41) is 5.58. The standard InChI is InChI=1S/C22H19FN2O2/c23-19-13-11-16(12-14-19)15-24-22(27)20(17-7-3-1-4-8-17)25-21(26)18-9-5-2-6-10-18/h1-14,20H,15H2,(H,24,27)(H,25,26). The van der Waals surface area contributed by atoms with E-state index in [-0.39, 0.29) is 24.2 Å². The van der Waals surface area contributed by atoms with E-state index in [1.807, 2.05) is 24.3 Å². The van der Waals surface area contributed by atoms with Gasteiger partial charge < -0.3 is 10.6 Å². The van der Waals surface area contributed by atoms with Gasteiger partial charge >= 0.3 is 0 Å². The van der Waals surface area contributed by atoms with Crippen LogP contribution in [0.5, 0.6) is 0 Å². The molecule has 1 atom stereocenters. The summed E-state index contributed by atoms with van der Waals surface area (Å²) in [5.41, 5.74) is 1.93. The lowest BCUT2D eigenvalue weighted by Gasteiger charge is -2.19. The van der Waals surface area contributed by atoms with Crippen LogP contribution in [0, 0.1) is 5.82 Å². The van der Waals surface area contributed by atoms with Gasteiger partial charge in [0.1, 0.15) is 11.9 Å². The third-order valence-corrected chi connectivity index (χ3v) is 4.09. The Labute approximate surface area is 157 Å². The van der Waals surface area contributed by atoms with E-state index < -0.39 is 6.04 Å². The number of benzene rings is 3. The molecule has 4 nitrogen and oxygen atoms in total. The molecule has 0 heterocycles. The van der Waals surface area contributed by atoms with E-state index in [9.17, 15) is 14.0 Å². The molecule has 0 spiro atoms. The third kappa shape index (κ3) is 5.01. The summed E-state index contributed by atoms with van der Waals surface area (Å²) in [4.78, 5) is 25.3. The van der Waals surface area contributed by atoms with Gasteiger partial charge in [-0.1, -0.05) is 60.7 Å². The van der Waals surface area contributed by atoms with Crippen molar-refractivity contribution in [3.8, 4) is 0 Å². The molecule has 3 aromatic rings. The van der Waals surface area contributed by atoms with Crippen molar-refractivity contribution in [2.24, 2.45) is 0 Å². The molecule has 0 saturated carbocycles. The van der Waals surface area contributed by atoms with Gasteiger partial charge in [0, 0.05) is 12.1 Å². The van der Waals surface area contributed by atoms with Crippen molar-refractivity contribution >= 4 is 11.8 Å². The van der Waals surface area contributed by atoms with Gasteiger partial charge in [-0.15, -0.1) is 0 Å². The van der Waals surface area contributed by atoms with Gasteiger partial charge in [0.05, 0.1) is 0 Å². The first kappa shape index (κ1) is 18.3. The fourth-order valence-electron chi connectivity index (χ4n) is 2.64. The number of halogens is 1. The predicted molar refractivity (Wildman–Crippen MR) is 101 cm³/mol. The average molecular weight is 362 g/mol. The maximum Gasteiger partial charge on any atom is 0.252 e. The lowest BCUT2D eigenvalue weighted by Crippen LogP contribution is -2.40. The van der Waals surface area contributed by atoms with Crippen molar-refractivity contribution in [2.45, 2.75) is 12.6 Å². The summed E-state index contributed by atoms with van der Waals surface area (Å²) < 4.78 is 13.0. The fraction of sp³-hybridized carbons (Fsp3) is 0.0909. The summed E-state index contributed by atoms with van der Waals surface area (Å²) in [6.45, 7) is 0.240. The van der Waals surface area contributed by atoms with Gasteiger partial charge in [-0.25, -0.2) is 4.39 Å². The molecular weight excluding hydrogens is 343 g/mol. The lowest BCUT2D eigenvalue weighted by atomic mass is 10.0. The molecule has 0 saturated heterocycles. The highest BCUT2D eigenvalue weighted by molar-refractivity contribution is 5.97. The fourth-order valence-corrected chi connectivity index (χ4v) is 2.64. The van der Waals surface area contributed by atoms with E-state index in [0.29, 0.717) is 11.1 Å². The molecule has 0 aliphatic rings. The van der Waals surface area contributed by atoms with Crippen LogP contribution in [0.25, 0.3) is 0 Å². The topological polar surface area (TPSA) is 58.2 Å². The van der Waals surface area contributed by atoms with Crippen molar-refractivity contribution in [3.63, 3.8) is 0 Å². The van der Waals surface area contributed by atoms with Crippen molar-refractivity contribution in [1.82, 2.24) is 10.6 Å². The Balaban J connectivity index is 1.74. The predicted octanol–water partition coefficient (Wildman–Crippen LogP) is 3.61. The molecule has 2 amide bonds. The minimum absolute atomic E-state index is 0.240. The molecule has 0 aliphatic heterocycles. The van der Waals surface area contributed by atoms with E-state index in [1.165, 1.54) is 12.1 Å². The van der Waals surface area contributed by atoms with Gasteiger partial charge in [0.25, 0.3) is 5.91 Å². The van der Waals surface area contributed by atoms with Gasteiger partial charge in [-0.2, -0.15) is 0 Å². The average Bonchev–Trinajstić information content (AvgIpc) is 2.72. The summed E-state index contributed by atoms with van der Waals surface area (Å²) in [6, 6.07) is 22.8. The van der Waals surface area contributed by atoms with Crippen LogP contribution in [0.2, 0.25) is 0 Å². The Morgan fingerprint density at radius 2 is 1.41 bits per heavy atom. The second-order valence-corrected chi connectivity index (χ2v) is 6.03. The number of hydrogen-bond acceptors (Lipinski definition) is 2.